The number of carbonyl (C=O) groups is 1. The molecule has 0 unspecified atom stereocenters. The molecule has 0 fully saturated rings. The first-order chi connectivity index (χ1) is 13.9. The summed E-state index contributed by atoms with van der Waals surface area (Å²) < 4.78 is 27.2. The van der Waals surface area contributed by atoms with Crippen LogP contribution in [0.2, 0.25) is 0 Å². The molecule has 0 radical (unpaired) electrons. The Morgan fingerprint density at radius 3 is 2.31 bits per heavy atom. The summed E-state index contributed by atoms with van der Waals surface area (Å²) in [6.07, 6.45) is 3.20. The van der Waals surface area contributed by atoms with Crippen molar-refractivity contribution < 1.29 is 13.2 Å². The summed E-state index contributed by atoms with van der Waals surface area (Å²) in [6.45, 7) is 4.30. The summed E-state index contributed by atoms with van der Waals surface area (Å²) in [5, 5.41) is 2.77. The summed E-state index contributed by atoms with van der Waals surface area (Å²) in [5.74, 6) is -0.246. The maximum atomic E-state index is 12.9. The number of nitrogens with one attached hydrogen (secondary N) is 1. The minimum absolute atomic E-state index is 0.233. The molecule has 1 amide bonds. The minimum Gasteiger partial charge on any atom is -0.321 e. The molecule has 150 valence electrons. The van der Waals surface area contributed by atoms with E-state index in [4.69, 9.17) is 0 Å². The third-order valence-corrected chi connectivity index (χ3v) is 6.44. The van der Waals surface area contributed by atoms with Crippen LogP contribution in [-0.4, -0.2) is 30.2 Å². The van der Waals surface area contributed by atoms with E-state index in [9.17, 15) is 13.2 Å². The van der Waals surface area contributed by atoms with Gasteiger partial charge in [0.1, 0.15) is 0 Å². The van der Waals surface area contributed by atoms with E-state index in [0.29, 0.717) is 17.8 Å². The molecule has 7 heteroatoms. The molecule has 0 aliphatic rings. The molecule has 0 aliphatic carbocycles. The third kappa shape index (κ3) is 5.07. The first-order valence-electron chi connectivity index (χ1n) is 9.27. The standard InChI is InChI=1S/C22H23N3O3S/c1-3-25(29(27,28)21-12-6-17(2)7-13-21)16-18-8-10-19(11-9-18)22(26)24-20-5-4-14-23-15-20/h4-15H,3,16H2,1-2H3,(H,24,26). The normalized spacial score (nSPS) is 11.4. The van der Waals surface area contributed by atoms with Gasteiger partial charge in [-0.3, -0.25) is 9.78 Å². The van der Waals surface area contributed by atoms with Crippen LogP contribution in [0.3, 0.4) is 0 Å². The number of aryl methyl sites for hydroxylation is 1. The predicted octanol–water partition coefficient (Wildman–Crippen LogP) is 3.85. The first kappa shape index (κ1) is 20.7. The van der Waals surface area contributed by atoms with Crippen LogP contribution in [0.5, 0.6) is 0 Å². The molecule has 0 aliphatic heterocycles. The van der Waals surface area contributed by atoms with Gasteiger partial charge in [-0.1, -0.05) is 36.8 Å². The van der Waals surface area contributed by atoms with Crippen molar-refractivity contribution >= 4 is 21.6 Å². The van der Waals surface area contributed by atoms with Crippen LogP contribution in [0.1, 0.15) is 28.4 Å². The molecular weight excluding hydrogens is 386 g/mol. The van der Waals surface area contributed by atoms with Crippen molar-refractivity contribution in [1.29, 1.82) is 0 Å². The van der Waals surface area contributed by atoms with Crippen LogP contribution in [0.4, 0.5) is 5.69 Å². The zero-order chi connectivity index (χ0) is 20.9. The molecule has 2 aromatic carbocycles. The van der Waals surface area contributed by atoms with Gasteiger partial charge in [0, 0.05) is 24.8 Å². The summed E-state index contributed by atoms with van der Waals surface area (Å²) in [5.41, 5.74) is 2.91. The number of pyridine rings is 1. The van der Waals surface area contributed by atoms with E-state index in [0.717, 1.165) is 11.1 Å². The Morgan fingerprint density at radius 1 is 1.03 bits per heavy atom. The van der Waals surface area contributed by atoms with Crippen molar-refractivity contribution in [3.8, 4) is 0 Å². The number of sulfonamides is 1. The molecule has 3 rings (SSSR count). The van der Waals surface area contributed by atoms with Crippen molar-refractivity contribution in [3.63, 3.8) is 0 Å². The monoisotopic (exact) mass is 409 g/mol. The summed E-state index contributed by atoms with van der Waals surface area (Å²) >= 11 is 0. The van der Waals surface area contributed by atoms with Gasteiger partial charge >= 0.3 is 0 Å². The van der Waals surface area contributed by atoms with E-state index in [1.807, 2.05) is 6.92 Å². The summed E-state index contributed by atoms with van der Waals surface area (Å²) in [4.78, 5) is 16.6. The Hall–Kier alpha value is -3.03. The number of rotatable bonds is 7. The summed E-state index contributed by atoms with van der Waals surface area (Å²) in [7, 11) is -3.59. The highest BCUT2D eigenvalue weighted by molar-refractivity contribution is 7.89. The number of carbonyl (C=O) groups excluding carboxylic acids is 1. The van der Waals surface area contributed by atoms with Crippen molar-refractivity contribution in [3.05, 3.63) is 89.7 Å². The maximum Gasteiger partial charge on any atom is 0.255 e. The number of aromatic nitrogens is 1. The largest absolute Gasteiger partial charge is 0.321 e. The van der Waals surface area contributed by atoms with Crippen LogP contribution in [0.15, 0.2) is 78.0 Å². The van der Waals surface area contributed by atoms with Crippen molar-refractivity contribution in [2.45, 2.75) is 25.3 Å². The molecule has 1 aromatic heterocycles. The van der Waals surface area contributed by atoms with Crippen LogP contribution in [-0.2, 0) is 16.6 Å². The van der Waals surface area contributed by atoms with Gasteiger partial charge in [0.15, 0.2) is 0 Å². The number of nitrogens with zero attached hydrogens (tertiary/aromatic N) is 2. The van der Waals surface area contributed by atoms with Gasteiger partial charge in [-0.15, -0.1) is 0 Å². The van der Waals surface area contributed by atoms with Gasteiger partial charge in [-0.05, 0) is 48.9 Å². The topological polar surface area (TPSA) is 79.4 Å². The van der Waals surface area contributed by atoms with Crippen LogP contribution in [0, 0.1) is 6.92 Å². The minimum atomic E-state index is -3.59. The van der Waals surface area contributed by atoms with E-state index in [1.54, 1.807) is 80.0 Å². The Kier molecular flexibility index (Phi) is 6.41. The molecule has 0 saturated heterocycles. The Labute approximate surface area is 171 Å². The number of benzene rings is 2. The van der Waals surface area contributed by atoms with Crippen LogP contribution >= 0.6 is 0 Å². The molecular formula is C22H23N3O3S. The predicted molar refractivity (Wildman–Crippen MR) is 113 cm³/mol. The van der Waals surface area contributed by atoms with Gasteiger partial charge in [0.05, 0.1) is 16.8 Å². The summed E-state index contributed by atoms with van der Waals surface area (Å²) in [6, 6.07) is 17.2. The van der Waals surface area contributed by atoms with Gasteiger partial charge in [0.25, 0.3) is 5.91 Å². The van der Waals surface area contributed by atoms with E-state index in [-0.39, 0.29) is 17.3 Å². The first-order valence-corrected chi connectivity index (χ1v) is 10.7. The Morgan fingerprint density at radius 2 is 1.72 bits per heavy atom. The fraction of sp³-hybridized carbons (Fsp3) is 0.182. The van der Waals surface area contributed by atoms with Crippen molar-refractivity contribution in [2.24, 2.45) is 0 Å². The van der Waals surface area contributed by atoms with E-state index < -0.39 is 10.0 Å². The number of hydrogen-bond donors (Lipinski definition) is 1. The molecule has 1 heterocycles. The van der Waals surface area contributed by atoms with Crippen LogP contribution < -0.4 is 5.32 Å². The third-order valence-electron chi connectivity index (χ3n) is 4.51. The second-order valence-electron chi connectivity index (χ2n) is 6.64. The lowest BCUT2D eigenvalue weighted by atomic mass is 10.1. The zero-order valence-corrected chi connectivity index (χ0v) is 17.2. The molecule has 0 bridgehead atoms. The molecule has 0 saturated carbocycles. The smallest absolute Gasteiger partial charge is 0.255 e. The average molecular weight is 410 g/mol. The lowest BCUT2D eigenvalue weighted by Crippen LogP contribution is -2.30. The van der Waals surface area contributed by atoms with Gasteiger partial charge in [-0.2, -0.15) is 4.31 Å². The van der Waals surface area contributed by atoms with E-state index >= 15 is 0 Å². The Balaban J connectivity index is 1.72. The highest BCUT2D eigenvalue weighted by atomic mass is 32.2. The van der Waals surface area contributed by atoms with Gasteiger partial charge < -0.3 is 5.32 Å². The second-order valence-corrected chi connectivity index (χ2v) is 8.57. The number of hydrogen-bond acceptors (Lipinski definition) is 4. The fourth-order valence-corrected chi connectivity index (χ4v) is 4.27. The van der Waals surface area contributed by atoms with E-state index in [1.165, 1.54) is 4.31 Å². The van der Waals surface area contributed by atoms with Crippen molar-refractivity contribution in [2.75, 3.05) is 11.9 Å². The maximum absolute atomic E-state index is 12.9. The molecule has 0 atom stereocenters. The molecule has 29 heavy (non-hydrogen) atoms. The number of anilines is 1. The number of amides is 1. The highest BCUT2D eigenvalue weighted by Crippen LogP contribution is 2.19. The highest BCUT2D eigenvalue weighted by Gasteiger charge is 2.23. The van der Waals surface area contributed by atoms with E-state index in [2.05, 4.69) is 10.3 Å². The van der Waals surface area contributed by atoms with Gasteiger partial charge in [0.2, 0.25) is 10.0 Å². The van der Waals surface area contributed by atoms with Gasteiger partial charge in [-0.25, -0.2) is 8.42 Å². The molecule has 6 nitrogen and oxygen atoms in total. The lowest BCUT2D eigenvalue weighted by Gasteiger charge is -2.21. The van der Waals surface area contributed by atoms with Crippen LogP contribution in [0.25, 0.3) is 0 Å². The average Bonchev–Trinajstić information content (AvgIpc) is 2.73. The lowest BCUT2D eigenvalue weighted by molar-refractivity contribution is 0.102. The zero-order valence-electron chi connectivity index (χ0n) is 16.4. The molecule has 1 N–H and O–H groups in total. The molecule has 0 spiro atoms. The SMILES string of the molecule is CCN(Cc1ccc(C(=O)Nc2cccnc2)cc1)S(=O)(=O)c1ccc(C)cc1. The second kappa shape index (κ2) is 8.98. The fourth-order valence-electron chi connectivity index (χ4n) is 2.83. The molecule has 3 aromatic rings. The Bertz CT molecular complexity index is 1060. The van der Waals surface area contributed by atoms with Crippen molar-refractivity contribution in [1.82, 2.24) is 9.29 Å². The quantitative estimate of drug-likeness (QED) is 0.643.